The second kappa shape index (κ2) is 4.62. The number of carbonyl (C=O) groups is 2. The van der Waals surface area contributed by atoms with Crippen molar-refractivity contribution < 1.29 is 28.5 Å². The lowest BCUT2D eigenvalue weighted by Gasteiger charge is -2.23. The Kier molecular flexibility index (Phi) is 3.35. The Morgan fingerprint density at radius 2 is 2.29 bits per heavy atom. The van der Waals surface area contributed by atoms with Gasteiger partial charge in [-0.3, -0.25) is 9.59 Å². The van der Waals surface area contributed by atoms with Gasteiger partial charge in [-0.25, -0.2) is 0 Å². The van der Waals surface area contributed by atoms with Crippen molar-refractivity contribution in [1.82, 2.24) is 0 Å². The van der Waals surface area contributed by atoms with Crippen LogP contribution in [0, 0.1) is 11.3 Å². The first kappa shape index (κ1) is 12.3. The molecule has 0 N–H and O–H groups in total. The summed E-state index contributed by atoms with van der Waals surface area (Å²) in [6.07, 6.45) is 0.857. The molecule has 1 aliphatic carbocycles. The van der Waals surface area contributed by atoms with Crippen LogP contribution in [-0.2, 0) is 28.5 Å². The Morgan fingerprint density at radius 1 is 1.53 bits per heavy atom. The van der Waals surface area contributed by atoms with E-state index < -0.39 is 17.4 Å². The molecular formula is C11H16O6. The molecule has 2 aliphatic rings. The van der Waals surface area contributed by atoms with E-state index in [1.807, 2.05) is 0 Å². The second-order valence-corrected chi connectivity index (χ2v) is 4.32. The van der Waals surface area contributed by atoms with Gasteiger partial charge in [0.2, 0.25) is 0 Å². The van der Waals surface area contributed by atoms with E-state index in [2.05, 4.69) is 0 Å². The summed E-state index contributed by atoms with van der Waals surface area (Å²) in [6.45, 7) is 0.356. The summed E-state index contributed by atoms with van der Waals surface area (Å²) in [7, 11) is 2.81. The van der Waals surface area contributed by atoms with Crippen molar-refractivity contribution in [2.75, 3.05) is 27.6 Å². The summed E-state index contributed by atoms with van der Waals surface area (Å²) in [4.78, 5) is 23.6. The van der Waals surface area contributed by atoms with E-state index in [0.717, 1.165) is 0 Å². The second-order valence-electron chi connectivity index (χ2n) is 4.32. The topological polar surface area (TPSA) is 71.1 Å². The quantitative estimate of drug-likeness (QED) is 0.397. The van der Waals surface area contributed by atoms with E-state index in [1.54, 1.807) is 0 Å². The van der Waals surface area contributed by atoms with Crippen LogP contribution < -0.4 is 0 Å². The zero-order valence-electron chi connectivity index (χ0n) is 9.93. The summed E-state index contributed by atoms with van der Waals surface area (Å²) < 4.78 is 20.0. The minimum atomic E-state index is -1.16. The molecule has 1 saturated carbocycles. The van der Waals surface area contributed by atoms with Crippen molar-refractivity contribution >= 4 is 11.9 Å². The van der Waals surface area contributed by atoms with Crippen LogP contribution in [0.2, 0.25) is 0 Å². The zero-order valence-corrected chi connectivity index (χ0v) is 9.93. The molecule has 96 valence electrons. The molecule has 17 heavy (non-hydrogen) atoms. The van der Waals surface area contributed by atoms with E-state index in [-0.39, 0.29) is 25.4 Å². The maximum atomic E-state index is 11.8. The highest BCUT2D eigenvalue weighted by Crippen LogP contribution is 2.50. The molecule has 1 heterocycles. The molecule has 6 nitrogen and oxygen atoms in total. The first-order valence-corrected chi connectivity index (χ1v) is 5.53. The van der Waals surface area contributed by atoms with Gasteiger partial charge in [-0.2, -0.15) is 0 Å². The van der Waals surface area contributed by atoms with Gasteiger partial charge in [-0.15, -0.1) is 0 Å². The minimum absolute atomic E-state index is 0.145. The lowest BCUT2D eigenvalue weighted by molar-refractivity contribution is -0.164. The number of hydrogen-bond acceptors (Lipinski definition) is 6. The average Bonchev–Trinajstić information content (AvgIpc) is 2.86. The minimum Gasteiger partial charge on any atom is -0.468 e. The predicted octanol–water partition coefficient (Wildman–Crippen LogP) is 0.102. The number of rotatable bonds is 4. The summed E-state index contributed by atoms with van der Waals surface area (Å²) >= 11 is 0. The van der Waals surface area contributed by atoms with Gasteiger partial charge in [0.15, 0.2) is 5.41 Å². The predicted molar refractivity (Wildman–Crippen MR) is 54.9 cm³/mol. The highest BCUT2D eigenvalue weighted by molar-refractivity contribution is 6.02. The van der Waals surface area contributed by atoms with Crippen LogP contribution >= 0.6 is 0 Å². The lowest BCUT2D eigenvalue weighted by atomic mass is 9.79. The van der Waals surface area contributed by atoms with Gasteiger partial charge in [-0.1, -0.05) is 0 Å². The first-order valence-electron chi connectivity index (χ1n) is 5.53. The van der Waals surface area contributed by atoms with Gasteiger partial charge in [-0.05, 0) is 12.8 Å². The van der Waals surface area contributed by atoms with Crippen molar-refractivity contribution in [3.63, 3.8) is 0 Å². The number of carbonyl (C=O) groups excluding carboxylic acids is 2. The van der Waals surface area contributed by atoms with Gasteiger partial charge in [0, 0.05) is 13.0 Å². The van der Waals surface area contributed by atoms with Crippen LogP contribution in [-0.4, -0.2) is 45.7 Å². The molecular weight excluding hydrogens is 228 g/mol. The SMILES string of the molecule is COCO[C@H]1CC[C@@]2(C(=O)OC)C(=O)OC[C@@H]12. The van der Waals surface area contributed by atoms with Crippen molar-refractivity contribution in [3.05, 3.63) is 0 Å². The normalized spacial score (nSPS) is 35.5. The van der Waals surface area contributed by atoms with Crippen LogP contribution in [0.4, 0.5) is 0 Å². The molecule has 2 fully saturated rings. The third kappa shape index (κ3) is 1.71. The third-order valence-corrected chi connectivity index (χ3v) is 3.61. The monoisotopic (exact) mass is 244 g/mol. The molecule has 2 rings (SSSR count). The first-order chi connectivity index (χ1) is 8.16. The van der Waals surface area contributed by atoms with E-state index >= 15 is 0 Å². The number of esters is 2. The third-order valence-electron chi connectivity index (χ3n) is 3.61. The van der Waals surface area contributed by atoms with E-state index in [0.29, 0.717) is 12.8 Å². The number of hydrogen-bond donors (Lipinski definition) is 0. The largest absolute Gasteiger partial charge is 0.468 e. The van der Waals surface area contributed by atoms with Crippen LogP contribution in [0.3, 0.4) is 0 Å². The van der Waals surface area contributed by atoms with Gasteiger partial charge >= 0.3 is 11.9 Å². The van der Waals surface area contributed by atoms with Gasteiger partial charge in [0.05, 0.1) is 19.8 Å². The molecule has 0 amide bonds. The van der Waals surface area contributed by atoms with Crippen LogP contribution in [0.5, 0.6) is 0 Å². The van der Waals surface area contributed by atoms with Crippen LogP contribution in [0.1, 0.15) is 12.8 Å². The highest BCUT2D eigenvalue weighted by Gasteiger charge is 2.65. The molecule has 0 aromatic carbocycles. The summed E-state index contributed by atoms with van der Waals surface area (Å²) in [5.41, 5.74) is -1.16. The molecule has 1 saturated heterocycles. The van der Waals surface area contributed by atoms with Crippen molar-refractivity contribution in [3.8, 4) is 0 Å². The molecule has 0 aromatic heterocycles. The van der Waals surface area contributed by atoms with Crippen LogP contribution in [0.25, 0.3) is 0 Å². The molecule has 0 unspecified atom stereocenters. The fourth-order valence-electron chi connectivity index (χ4n) is 2.74. The van der Waals surface area contributed by atoms with Crippen molar-refractivity contribution in [2.24, 2.45) is 11.3 Å². The smallest absolute Gasteiger partial charge is 0.324 e. The molecule has 1 aliphatic heterocycles. The van der Waals surface area contributed by atoms with Crippen molar-refractivity contribution in [2.45, 2.75) is 18.9 Å². The van der Waals surface area contributed by atoms with Gasteiger partial charge in [0.25, 0.3) is 0 Å². The maximum absolute atomic E-state index is 11.8. The van der Waals surface area contributed by atoms with Gasteiger partial charge < -0.3 is 18.9 Å². The maximum Gasteiger partial charge on any atom is 0.324 e. The zero-order chi connectivity index (χ0) is 12.5. The molecule has 0 spiro atoms. The Morgan fingerprint density at radius 3 is 2.94 bits per heavy atom. The standard InChI is InChI=1S/C11H16O6/c1-14-6-17-8-3-4-11(9(12)15-2)7(8)5-16-10(11)13/h7-8H,3-6H2,1-2H3/t7-,8-,11+/m0/s1. The Bertz CT molecular complexity index is 328. The Labute approximate surface area is 99.2 Å². The van der Waals surface area contributed by atoms with Gasteiger partial charge in [0.1, 0.15) is 6.79 Å². The lowest BCUT2D eigenvalue weighted by Crippen LogP contribution is -2.41. The van der Waals surface area contributed by atoms with E-state index in [4.69, 9.17) is 18.9 Å². The Hall–Kier alpha value is -1.14. The van der Waals surface area contributed by atoms with E-state index in [1.165, 1.54) is 14.2 Å². The highest BCUT2D eigenvalue weighted by atomic mass is 16.7. The molecule has 0 radical (unpaired) electrons. The number of ether oxygens (including phenoxy) is 4. The summed E-state index contributed by atoms with van der Waals surface area (Å²) in [5, 5.41) is 0. The number of fused-ring (bicyclic) bond motifs is 1. The average molecular weight is 244 g/mol. The summed E-state index contributed by atoms with van der Waals surface area (Å²) in [5.74, 6) is -1.27. The van der Waals surface area contributed by atoms with Crippen LogP contribution in [0.15, 0.2) is 0 Å². The number of methoxy groups -OCH3 is 2. The molecule has 3 atom stereocenters. The van der Waals surface area contributed by atoms with Crippen molar-refractivity contribution in [1.29, 1.82) is 0 Å². The molecule has 6 heteroatoms. The van der Waals surface area contributed by atoms with E-state index in [9.17, 15) is 9.59 Å². The Balaban J connectivity index is 2.18. The molecule has 0 bridgehead atoms. The number of cyclic esters (lactones) is 1. The summed E-state index contributed by atoms with van der Waals surface area (Å²) in [6, 6.07) is 0. The fourth-order valence-corrected chi connectivity index (χ4v) is 2.74. The molecule has 0 aromatic rings. The fraction of sp³-hybridized carbons (Fsp3) is 0.818.